The summed E-state index contributed by atoms with van der Waals surface area (Å²) in [5.41, 5.74) is 4.97. The lowest BCUT2D eigenvalue weighted by atomic mass is 10.0. The second kappa shape index (κ2) is 4.65. The van der Waals surface area contributed by atoms with Gasteiger partial charge in [-0.1, -0.05) is 54.6 Å². The predicted octanol–water partition coefficient (Wildman–Crippen LogP) is 4.70. The number of fused-ring (bicyclic) bond motifs is 4. The summed E-state index contributed by atoms with van der Waals surface area (Å²) >= 11 is 0. The molecule has 0 fully saturated rings. The number of benzene rings is 3. The second-order valence-electron chi connectivity index (χ2n) is 5.60. The molecule has 0 radical (unpaired) electrons. The molecule has 0 amide bonds. The molecular formula is C20H13N3. The molecule has 0 saturated heterocycles. The van der Waals surface area contributed by atoms with Crippen LogP contribution in [0.15, 0.2) is 79.1 Å². The highest BCUT2D eigenvalue weighted by atomic mass is 15.0. The highest BCUT2D eigenvalue weighted by Gasteiger charge is 2.13. The number of para-hydroxylation sites is 2. The van der Waals surface area contributed by atoms with Gasteiger partial charge in [0.25, 0.3) is 0 Å². The highest BCUT2D eigenvalue weighted by molar-refractivity contribution is 5.99. The Morgan fingerprint density at radius 2 is 1.61 bits per heavy atom. The van der Waals surface area contributed by atoms with Crippen molar-refractivity contribution >= 4 is 27.5 Å². The van der Waals surface area contributed by atoms with Crippen molar-refractivity contribution in [3.63, 3.8) is 0 Å². The van der Waals surface area contributed by atoms with Gasteiger partial charge >= 0.3 is 0 Å². The summed E-state index contributed by atoms with van der Waals surface area (Å²) in [6.45, 7) is 0. The van der Waals surface area contributed by atoms with Crippen molar-refractivity contribution in [2.75, 3.05) is 0 Å². The number of imidazole rings is 1. The SMILES string of the molecule is c1ccc2c(-c3nc4ccccc4n4ccnc34)cccc2c1. The van der Waals surface area contributed by atoms with Crippen molar-refractivity contribution in [3.05, 3.63) is 79.1 Å². The minimum Gasteiger partial charge on any atom is -0.296 e. The Bertz CT molecular complexity index is 1170. The van der Waals surface area contributed by atoms with Crippen molar-refractivity contribution in [1.82, 2.24) is 14.4 Å². The van der Waals surface area contributed by atoms with E-state index in [0.717, 1.165) is 27.9 Å². The van der Waals surface area contributed by atoms with E-state index in [1.54, 1.807) is 0 Å². The third kappa shape index (κ3) is 1.77. The van der Waals surface area contributed by atoms with Gasteiger partial charge in [0.1, 0.15) is 5.69 Å². The van der Waals surface area contributed by atoms with Gasteiger partial charge in [-0.3, -0.25) is 4.40 Å². The molecule has 0 bridgehead atoms. The van der Waals surface area contributed by atoms with Gasteiger partial charge in [-0.2, -0.15) is 0 Å². The zero-order valence-electron chi connectivity index (χ0n) is 12.3. The lowest BCUT2D eigenvalue weighted by Gasteiger charge is -2.10. The normalized spacial score (nSPS) is 11.5. The maximum Gasteiger partial charge on any atom is 0.164 e. The van der Waals surface area contributed by atoms with Crippen molar-refractivity contribution < 1.29 is 0 Å². The van der Waals surface area contributed by atoms with E-state index in [1.165, 1.54) is 10.8 Å². The fourth-order valence-corrected chi connectivity index (χ4v) is 3.22. The Balaban J connectivity index is 1.96. The molecule has 0 atom stereocenters. The van der Waals surface area contributed by atoms with Gasteiger partial charge in [0, 0.05) is 18.0 Å². The molecule has 0 aliphatic carbocycles. The van der Waals surface area contributed by atoms with E-state index in [1.807, 2.05) is 30.6 Å². The van der Waals surface area contributed by atoms with Crippen LogP contribution >= 0.6 is 0 Å². The molecule has 3 heteroatoms. The quantitative estimate of drug-likeness (QED) is 0.448. The van der Waals surface area contributed by atoms with Crippen molar-refractivity contribution in [1.29, 1.82) is 0 Å². The number of aromatic nitrogens is 3. The lowest BCUT2D eigenvalue weighted by Crippen LogP contribution is -1.95. The van der Waals surface area contributed by atoms with Crippen LogP contribution in [0.1, 0.15) is 0 Å². The van der Waals surface area contributed by atoms with E-state index in [0.29, 0.717) is 0 Å². The largest absolute Gasteiger partial charge is 0.296 e. The number of hydrogen-bond acceptors (Lipinski definition) is 2. The van der Waals surface area contributed by atoms with Gasteiger partial charge in [-0.15, -0.1) is 0 Å². The van der Waals surface area contributed by atoms with Crippen LogP contribution in [0.25, 0.3) is 38.7 Å². The predicted molar refractivity (Wildman–Crippen MR) is 93.4 cm³/mol. The molecular weight excluding hydrogens is 282 g/mol. The summed E-state index contributed by atoms with van der Waals surface area (Å²) in [6.07, 6.45) is 3.83. The zero-order valence-corrected chi connectivity index (χ0v) is 12.3. The maximum absolute atomic E-state index is 4.91. The first-order valence-electron chi connectivity index (χ1n) is 7.62. The van der Waals surface area contributed by atoms with Gasteiger partial charge in [0.2, 0.25) is 0 Å². The Kier molecular flexibility index (Phi) is 2.50. The summed E-state index contributed by atoms with van der Waals surface area (Å²) in [5.74, 6) is 0. The van der Waals surface area contributed by atoms with Crippen LogP contribution in [0, 0.1) is 0 Å². The summed E-state index contributed by atoms with van der Waals surface area (Å²) in [5, 5.41) is 2.41. The molecule has 3 aromatic carbocycles. The Hall–Kier alpha value is -3.20. The molecule has 0 aliphatic rings. The van der Waals surface area contributed by atoms with E-state index in [2.05, 4.69) is 57.9 Å². The van der Waals surface area contributed by atoms with Crippen LogP contribution in [0.4, 0.5) is 0 Å². The zero-order chi connectivity index (χ0) is 15.2. The van der Waals surface area contributed by atoms with Gasteiger partial charge in [-0.05, 0) is 22.9 Å². The van der Waals surface area contributed by atoms with Crippen LogP contribution in [0.3, 0.4) is 0 Å². The molecule has 23 heavy (non-hydrogen) atoms. The van der Waals surface area contributed by atoms with E-state index in [4.69, 9.17) is 4.98 Å². The minimum absolute atomic E-state index is 0.889. The molecule has 0 saturated carbocycles. The first kappa shape index (κ1) is 12.4. The van der Waals surface area contributed by atoms with Gasteiger partial charge in [-0.25, -0.2) is 9.97 Å². The summed E-state index contributed by atoms with van der Waals surface area (Å²) in [6, 6.07) is 22.9. The van der Waals surface area contributed by atoms with E-state index in [-0.39, 0.29) is 0 Å². The minimum atomic E-state index is 0.889. The van der Waals surface area contributed by atoms with Gasteiger partial charge < -0.3 is 0 Å². The highest BCUT2D eigenvalue weighted by Crippen LogP contribution is 2.31. The van der Waals surface area contributed by atoms with Crippen LogP contribution < -0.4 is 0 Å². The lowest BCUT2D eigenvalue weighted by molar-refractivity contribution is 1.21. The maximum atomic E-state index is 4.91. The van der Waals surface area contributed by atoms with Crippen LogP contribution in [-0.2, 0) is 0 Å². The van der Waals surface area contributed by atoms with Crippen molar-refractivity contribution in [2.24, 2.45) is 0 Å². The first-order valence-corrected chi connectivity index (χ1v) is 7.62. The molecule has 0 N–H and O–H groups in total. The Labute approximate surface area is 132 Å². The average Bonchev–Trinajstić information content (AvgIpc) is 3.11. The first-order chi connectivity index (χ1) is 11.4. The monoisotopic (exact) mass is 295 g/mol. The average molecular weight is 295 g/mol. The summed E-state index contributed by atoms with van der Waals surface area (Å²) in [4.78, 5) is 9.47. The van der Waals surface area contributed by atoms with E-state index < -0.39 is 0 Å². The molecule has 0 unspecified atom stereocenters. The molecule has 108 valence electrons. The smallest absolute Gasteiger partial charge is 0.164 e. The Morgan fingerprint density at radius 1 is 0.783 bits per heavy atom. The number of rotatable bonds is 1. The third-order valence-electron chi connectivity index (χ3n) is 4.27. The summed E-state index contributed by atoms with van der Waals surface area (Å²) < 4.78 is 2.11. The fourth-order valence-electron chi connectivity index (χ4n) is 3.22. The van der Waals surface area contributed by atoms with Crippen LogP contribution in [0.2, 0.25) is 0 Å². The molecule has 5 rings (SSSR count). The van der Waals surface area contributed by atoms with E-state index >= 15 is 0 Å². The van der Waals surface area contributed by atoms with Gasteiger partial charge in [0.05, 0.1) is 11.0 Å². The van der Waals surface area contributed by atoms with Crippen molar-refractivity contribution in [2.45, 2.75) is 0 Å². The molecule has 3 nitrogen and oxygen atoms in total. The molecule has 5 aromatic rings. The Morgan fingerprint density at radius 3 is 2.61 bits per heavy atom. The molecule has 2 aromatic heterocycles. The second-order valence-corrected chi connectivity index (χ2v) is 5.60. The van der Waals surface area contributed by atoms with Gasteiger partial charge in [0.15, 0.2) is 5.65 Å². The molecule has 2 heterocycles. The van der Waals surface area contributed by atoms with Crippen molar-refractivity contribution in [3.8, 4) is 11.3 Å². The third-order valence-corrected chi connectivity index (χ3v) is 4.27. The number of nitrogens with zero attached hydrogens (tertiary/aromatic N) is 3. The van der Waals surface area contributed by atoms with Crippen LogP contribution in [-0.4, -0.2) is 14.4 Å². The molecule has 0 spiro atoms. The topological polar surface area (TPSA) is 30.2 Å². The van der Waals surface area contributed by atoms with Crippen LogP contribution in [0.5, 0.6) is 0 Å². The van der Waals surface area contributed by atoms with E-state index in [9.17, 15) is 0 Å². The molecule has 0 aliphatic heterocycles. The summed E-state index contributed by atoms with van der Waals surface area (Å²) in [7, 11) is 0. The fraction of sp³-hybridized carbons (Fsp3) is 0. The standard InChI is InChI=1S/C20H13N3/c1-2-8-15-14(6-1)7-5-9-16(15)19-20-21-12-13-23(20)18-11-4-3-10-17(18)22-19/h1-13H. The number of hydrogen-bond donors (Lipinski definition) is 0.